The molecule has 0 N–H and O–H groups in total. The lowest BCUT2D eigenvalue weighted by Crippen LogP contribution is -2.48. The highest BCUT2D eigenvalue weighted by Gasteiger charge is 2.29. The van der Waals surface area contributed by atoms with Gasteiger partial charge in [-0.05, 0) is 34.1 Å². The zero-order valence-electron chi connectivity index (χ0n) is 10.7. The molecule has 2 rings (SSSR count). The van der Waals surface area contributed by atoms with E-state index in [-0.39, 0.29) is 4.90 Å². The Labute approximate surface area is 136 Å². The van der Waals surface area contributed by atoms with Crippen molar-refractivity contribution in [3.8, 4) is 12.3 Å². The van der Waals surface area contributed by atoms with Crippen molar-refractivity contribution >= 4 is 41.9 Å². The van der Waals surface area contributed by atoms with Crippen molar-refractivity contribution in [2.45, 2.75) is 4.90 Å². The molecule has 0 unspecified atom stereocenters. The molecule has 0 atom stereocenters. The molecule has 1 heterocycles. The third kappa shape index (κ3) is 3.43. The maximum atomic E-state index is 12.6. The lowest BCUT2D eigenvalue weighted by atomic mass is 10.3. The number of benzene rings is 1. The first-order valence-electron chi connectivity index (χ1n) is 6.06. The summed E-state index contributed by atoms with van der Waals surface area (Å²) in [5.41, 5.74) is 0. The summed E-state index contributed by atoms with van der Waals surface area (Å²) in [5.74, 6) is 2.58. The Balaban J connectivity index is 2.20. The van der Waals surface area contributed by atoms with Gasteiger partial charge in [-0.25, -0.2) is 8.42 Å². The minimum Gasteiger partial charge on any atom is -0.290 e. The zero-order valence-corrected chi connectivity index (χ0v) is 14.7. The largest absolute Gasteiger partial charge is 0.290 e. The van der Waals surface area contributed by atoms with E-state index in [4.69, 9.17) is 6.42 Å². The Morgan fingerprint density at radius 1 is 1.20 bits per heavy atom. The van der Waals surface area contributed by atoms with Gasteiger partial charge in [0.05, 0.1) is 11.4 Å². The minimum absolute atomic E-state index is 0.289. The Bertz CT molecular complexity index is 632. The molecule has 108 valence electrons. The molecular formula is C13H14Br2N2O2S. The van der Waals surface area contributed by atoms with Gasteiger partial charge in [0.1, 0.15) is 0 Å². The maximum absolute atomic E-state index is 12.6. The molecule has 0 aliphatic carbocycles. The van der Waals surface area contributed by atoms with Crippen LogP contribution in [-0.4, -0.2) is 50.3 Å². The summed E-state index contributed by atoms with van der Waals surface area (Å²) in [6.45, 7) is 2.81. The van der Waals surface area contributed by atoms with Crippen LogP contribution in [0.25, 0.3) is 0 Å². The van der Waals surface area contributed by atoms with Crippen LogP contribution >= 0.6 is 31.9 Å². The minimum atomic E-state index is -3.48. The van der Waals surface area contributed by atoms with Gasteiger partial charge < -0.3 is 0 Å². The molecule has 20 heavy (non-hydrogen) atoms. The van der Waals surface area contributed by atoms with Gasteiger partial charge in [0.15, 0.2) is 0 Å². The van der Waals surface area contributed by atoms with E-state index in [1.807, 2.05) is 0 Å². The Morgan fingerprint density at radius 2 is 1.85 bits per heavy atom. The molecule has 0 bridgehead atoms. The van der Waals surface area contributed by atoms with E-state index in [2.05, 4.69) is 42.7 Å². The van der Waals surface area contributed by atoms with Crippen molar-refractivity contribution in [1.29, 1.82) is 0 Å². The molecule has 1 aliphatic rings. The van der Waals surface area contributed by atoms with Gasteiger partial charge in [0.2, 0.25) is 10.0 Å². The molecule has 7 heteroatoms. The van der Waals surface area contributed by atoms with E-state index in [1.165, 1.54) is 4.31 Å². The summed E-state index contributed by atoms with van der Waals surface area (Å²) in [5, 5.41) is 0. The smallest absolute Gasteiger partial charge is 0.244 e. The van der Waals surface area contributed by atoms with E-state index < -0.39 is 10.0 Å². The average Bonchev–Trinajstić information content (AvgIpc) is 2.42. The van der Waals surface area contributed by atoms with E-state index in [9.17, 15) is 8.42 Å². The van der Waals surface area contributed by atoms with Gasteiger partial charge in [-0.2, -0.15) is 4.31 Å². The van der Waals surface area contributed by atoms with Crippen molar-refractivity contribution in [2.75, 3.05) is 32.7 Å². The fraction of sp³-hybridized carbons (Fsp3) is 0.385. The van der Waals surface area contributed by atoms with E-state index in [0.717, 1.165) is 4.47 Å². The number of terminal acetylenes is 1. The standard InChI is InChI=1S/C13H14Br2N2O2S/c1-2-5-16-6-8-17(9-7-16)20(18,19)13-10-11(14)3-4-12(13)15/h1,3-4,10H,5-9H2. The van der Waals surface area contributed by atoms with Crippen molar-refractivity contribution in [3.05, 3.63) is 27.1 Å². The first-order chi connectivity index (χ1) is 9.45. The molecular weight excluding hydrogens is 408 g/mol. The van der Waals surface area contributed by atoms with Crippen molar-refractivity contribution < 1.29 is 8.42 Å². The predicted octanol–water partition coefficient (Wildman–Crippen LogP) is 2.15. The van der Waals surface area contributed by atoms with Crippen LogP contribution < -0.4 is 0 Å². The Hall–Kier alpha value is -0.390. The summed E-state index contributed by atoms with van der Waals surface area (Å²) in [6, 6.07) is 5.15. The van der Waals surface area contributed by atoms with E-state index in [1.54, 1.807) is 18.2 Å². The molecule has 4 nitrogen and oxygen atoms in total. The third-order valence-electron chi connectivity index (χ3n) is 3.16. The molecule has 1 aromatic carbocycles. The molecule has 1 fully saturated rings. The van der Waals surface area contributed by atoms with Crippen molar-refractivity contribution in [1.82, 2.24) is 9.21 Å². The van der Waals surface area contributed by atoms with Gasteiger partial charge in [-0.3, -0.25) is 4.90 Å². The van der Waals surface area contributed by atoms with Crippen LogP contribution in [0.3, 0.4) is 0 Å². The number of hydrogen-bond donors (Lipinski definition) is 0. The number of halogens is 2. The first-order valence-corrected chi connectivity index (χ1v) is 9.09. The van der Waals surface area contributed by atoms with Gasteiger partial charge >= 0.3 is 0 Å². The Morgan fingerprint density at radius 3 is 2.45 bits per heavy atom. The lowest BCUT2D eigenvalue weighted by molar-refractivity contribution is 0.207. The fourth-order valence-corrected chi connectivity index (χ4v) is 4.96. The quantitative estimate of drug-likeness (QED) is 0.702. The van der Waals surface area contributed by atoms with Crippen LogP contribution in [0.5, 0.6) is 0 Å². The topological polar surface area (TPSA) is 40.6 Å². The highest BCUT2D eigenvalue weighted by atomic mass is 79.9. The molecule has 0 spiro atoms. The summed E-state index contributed by atoms with van der Waals surface area (Å²) in [7, 11) is -3.48. The lowest BCUT2D eigenvalue weighted by Gasteiger charge is -2.33. The predicted molar refractivity (Wildman–Crippen MR) is 85.9 cm³/mol. The molecule has 1 aromatic rings. The van der Waals surface area contributed by atoms with Gasteiger partial charge in [-0.1, -0.05) is 21.9 Å². The molecule has 1 aliphatic heterocycles. The van der Waals surface area contributed by atoms with E-state index in [0.29, 0.717) is 37.2 Å². The second-order valence-corrected chi connectivity index (χ2v) is 8.14. The van der Waals surface area contributed by atoms with Crippen molar-refractivity contribution in [3.63, 3.8) is 0 Å². The van der Waals surface area contributed by atoms with Crippen LogP contribution in [0, 0.1) is 12.3 Å². The second kappa shape index (κ2) is 6.58. The van der Waals surface area contributed by atoms with Crippen LogP contribution in [0.4, 0.5) is 0 Å². The number of rotatable bonds is 3. The molecule has 0 radical (unpaired) electrons. The number of hydrogen-bond acceptors (Lipinski definition) is 3. The van der Waals surface area contributed by atoms with Crippen LogP contribution in [-0.2, 0) is 10.0 Å². The summed E-state index contributed by atoms with van der Waals surface area (Å²) in [4.78, 5) is 2.36. The highest BCUT2D eigenvalue weighted by molar-refractivity contribution is 9.11. The number of nitrogens with zero attached hydrogens (tertiary/aromatic N) is 2. The highest BCUT2D eigenvalue weighted by Crippen LogP contribution is 2.28. The van der Waals surface area contributed by atoms with Gasteiger partial charge in [-0.15, -0.1) is 6.42 Å². The molecule has 0 aromatic heterocycles. The molecule has 1 saturated heterocycles. The normalized spacial score (nSPS) is 17.9. The summed E-state index contributed by atoms with van der Waals surface area (Å²) in [6.07, 6.45) is 5.27. The summed E-state index contributed by atoms with van der Waals surface area (Å²) < 4.78 is 28.1. The van der Waals surface area contributed by atoms with Crippen LogP contribution in [0.1, 0.15) is 0 Å². The fourth-order valence-electron chi connectivity index (χ4n) is 2.07. The maximum Gasteiger partial charge on any atom is 0.244 e. The Kier molecular flexibility index (Phi) is 5.26. The van der Waals surface area contributed by atoms with Crippen LogP contribution in [0.2, 0.25) is 0 Å². The summed E-state index contributed by atoms with van der Waals surface area (Å²) >= 11 is 6.61. The first kappa shape index (κ1) is 16.0. The SMILES string of the molecule is C#CCN1CCN(S(=O)(=O)c2cc(Br)ccc2Br)CC1. The average molecular weight is 422 g/mol. The third-order valence-corrected chi connectivity index (χ3v) is 6.54. The van der Waals surface area contributed by atoms with E-state index >= 15 is 0 Å². The van der Waals surface area contributed by atoms with Gasteiger partial charge in [0.25, 0.3) is 0 Å². The molecule has 0 saturated carbocycles. The number of sulfonamides is 1. The van der Waals surface area contributed by atoms with Crippen LogP contribution in [0.15, 0.2) is 32.0 Å². The monoisotopic (exact) mass is 420 g/mol. The zero-order chi connectivity index (χ0) is 14.8. The van der Waals surface area contributed by atoms with Gasteiger partial charge in [0, 0.05) is 35.1 Å². The van der Waals surface area contributed by atoms with Crippen molar-refractivity contribution in [2.24, 2.45) is 0 Å². The molecule has 0 amide bonds. The second-order valence-electron chi connectivity index (χ2n) is 4.46. The number of piperazine rings is 1.